The van der Waals surface area contributed by atoms with Gasteiger partial charge < -0.3 is 0 Å². The van der Waals surface area contributed by atoms with Gasteiger partial charge in [0, 0.05) is 12.1 Å². The van der Waals surface area contributed by atoms with Crippen LogP contribution in [-0.2, 0) is 0 Å². The Morgan fingerprint density at radius 2 is 1.36 bits per heavy atom. The van der Waals surface area contributed by atoms with Gasteiger partial charge in [-0.2, -0.15) is 0 Å². The summed E-state index contributed by atoms with van der Waals surface area (Å²) in [5, 5.41) is 0. The Morgan fingerprint density at radius 1 is 1.00 bits per heavy atom. The first-order valence-electron chi connectivity index (χ1n) is 5.29. The summed E-state index contributed by atoms with van der Waals surface area (Å²) in [4.78, 5) is 0. The zero-order chi connectivity index (χ0) is 11.1. The van der Waals surface area contributed by atoms with Crippen molar-refractivity contribution in [1.82, 2.24) is 4.67 Å². The van der Waals surface area contributed by atoms with Gasteiger partial charge in [-0.05, 0) is 48.1 Å². The molecule has 2 heteroatoms. The fourth-order valence-electron chi connectivity index (χ4n) is 1.81. The van der Waals surface area contributed by atoms with Gasteiger partial charge in [0.15, 0.2) is 0 Å². The lowest BCUT2D eigenvalue weighted by Gasteiger charge is -2.37. The third-order valence-corrected chi connectivity index (χ3v) is 5.00. The van der Waals surface area contributed by atoms with E-state index in [1.54, 1.807) is 0 Å². The Kier molecular flexibility index (Phi) is 7.13. The molecule has 0 aliphatic heterocycles. The number of rotatable bonds is 7. The normalized spacial score (nSPS) is 11.7. The van der Waals surface area contributed by atoms with Crippen LogP contribution in [0.4, 0.5) is 0 Å². The van der Waals surface area contributed by atoms with Crippen molar-refractivity contribution in [2.45, 2.75) is 39.8 Å². The minimum Gasteiger partial charge on any atom is -0.276 e. The largest absolute Gasteiger partial charge is 0.276 e. The highest BCUT2D eigenvalue weighted by Crippen LogP contribution is 2.43. The van der Waals surface area contributed by atoms with Gasteiger partial charge in [0.1, 0.15) is 0 Å². The summed E-state index contributed by atoms with van der Waals surface area (Å²) in [6.45, 7) is 16.7. The molecular formula is C12H24NP. The summed E-state index contributed by atoms with van der Waals surface area (Å²) in [6.07, 6.45) is 6.29. The molecule has 0 rings (SSSR count). The molecule has 0 aliphatic carbocycles. The average molecular weight is 213 g/mol. The van der Waals surface area contributed by atoms with Crippen LogP contribution in [0.1, 0.15) is 27.7 Å². The van der Waals surface area contributed by atoms with Crippen LogP contribution in [0.5, 0.6) is 0 Å². The first-order valence-corrected chi connectivity index (χ1v) is 6.96. The summed E-state index contributed by atoms with van der Waals surface area (Å²) in [7, 11) is -0.106. The summed E-state index contributed by atoms with van der Waals surface area (Å²) >= 11 is 0. The molecule has 0 bridgehead atoms. The van der Waals surface area contributed by atoms with Crippen LogP contribution < -0.4 is 0 Å². The lowest BCUT2D eigenvalue weighted by Crippen LogP contribution is -2.33. The molecule has 0 atom stereocenters. The predicted octanol–water partition coefficient (Wildman–Crippen LogP) is 3.87. The molecule has 82 valence electrons. The van der Waals surface area contributed by atoms with Crippen LogP contribution in [0.2, 0.25) is 0 Å². The van der Waals surface area contributed by atoms with E-state index in [2.05, 4.69) is 45.5 Å². The maximum absolute atomic E-state index is 3.84. The molecule has 0 saturated carbocycles. The fraction of sp³-hybridized carbons (Fsp3) is 0.667. The topological polar surface area (TPSA) is 3.24 Å². The van der Waals surface area contributed by atoms with Crippen molar-refractivity contribution in [3.05, 3.63) is 25.3 Å². The van der Waals surface area contributed by atoms with E-state index in [0.717, 1.165) is 12.3 Å². The van der Waals surface area contributed by atoms with Gasteiger partial charge >= 0.3 is 0 Å². The SMILES string of the molecule is C=CCP(CC=C)N(C(C)C)C(C)C. The van der Waals surface area contributed by atoms with Gasteiger partial charge in [-0.3, -0.25) is 4.67 Å². The highest BCUT2D eigenvalue weighted by molar-refractivity contribution is 7.55. The van der Waals surface area contributed by atoms with Crippen molar-refractivity contribution in [3.63, 3.8) is 0 Å². The zero-order valence-corrected chi connectivity index (χ0v) is 10.9. The second-order valence-corrected chi connectivity index (χ2v) is 6.22. The molecule has 0 aromatic heterocycles. The van der Waals surface area contributed by atoms with Crippen LogP contribution in [-0.4, -0.2) is 29.1 Å². The lowest BCUT2D eigenvalue weighted by atomic mass is 10.3. The number of nitrogens with zero attached hydrogens (tertiary/aromatic N) is 1. The standard InChI is InChI=1S/C12H24NP/c1-7-9-14(10-8-2)13(11(3)4)12(5)6/h7-8,11-12H,1-2,9-10H2,3-6H3. The van der Waals surface area contributed by atoms with Gasteiger partial charge in [-0.1, -0.05) is 12.2 Å². The van der Waals surface area contributed by atoms with E-state index in [4.69, 9.17) is 0 Å². The van der Waals surface area contributed by atoms with E-state index in [9.17, 15) is 0 Å². The lowest BCUT2D eigenvalue weighted by molar-refractivity contribution is 0.323. The van der Waals surface area contributed by atoms with Crippen molar-refractivity contribution in [2.24, 2.45) is 0 Å². The second kappa shape index (κ2) is 7.20. The van der Waals surface area contributed by atoms with Crippen molar-refractivity contribution >= 4 is 8.07 Å². The van der Waals surface area contributed by atoms with Gasteiger partial charge in [0.25, 0.3) is 0 Å². The molecule has 0 aliphatic rings. The molecule has 0 saturated heterocycles. The van der Waals surface area contributed by atoms with Crippen LogP contribution in [0, 0.1) is 0 Å². The average Bonchev–Trinajstić information content (AvgIpc) is 2.03. The van der Waals surface area contributed by atoms with Crippen LogP contribution in [0.3, 0.4) is 0 Å². The van der Waals surface area contributed by atoms with E-state index < -0.39 is 0 Å². The fourth-order valence-corrected chi connectivity index (χ4v) is 4.24. The predicted molar refractivity (Wildman–Crippen MR) is 69.2 cm³/mol. The van der Waals surface area contributed by atoms with Crippen molar-refractivity contribution in [1.29, 1.82) is 0 Å². The van der Waals surface area contributed by atoms with E-state index in [-0.39, 0.29) is 8.07 Å². The van der Waals surface area contributed by atoms with Crippen molar-refractivity contribution < 1.29 is 0 Å². The van der Waals surface area contributed by atoms with Crippen molar-refractivity contribution in [2.75, 3.05) is 12.3 Å². The van der Waals surface area contributed by atoms with Crippen LogP contribution in [0.15, 0.2) is 25.3 Å². The Hall–Kier alpha value is -0.130. The summed E-state index contributed by atoms with van der Waals surface area (Å²) in [6, 6.07) is 1.22. The number of hydrogen-bond donors (Lipinski definition) is 0. The van der Waals surface area contributed by atoms with E-state index in [1.165, 1.54) is 0 Å². The molecule has 0 radical (unpaired) electrons. The quantitative estimate of drug-likeness (QED) is 0.458. The number of hydrogen-bond acceptors (Lipinski definition) is 1. The first kappa shape index (κ1) is 13.9. The molecule has 0 aromatic rings. The maximum atomic E-state index is 3.84. The van der Waals surface area contributed by atoms with E-state index >= 15 is 0 Å². The van der Waals surface area contributed by atoms with E-state index in [0.29, 0.717) is 12.1 Å². The Morgan fingerprint density at radius 3 is 1.57 bits per heavy atom. The molecular weight excluding hydrogens is 189 g/mol. The van der Waals surface area contributed by atoms with Crippen LogP contribution >= 0.6 is 8.07 Å². The third kappa shape index (κ3) is 4.39. The smallest absolute Gasteiger partial charge is 0.00805 e. The second-order valence-electron chi connectivity index (χ2n) is 4.02. The van der Waals surface area contributed by atoms with Gasteiger partial charge in [0.05, 0.1) is 0 Å². The minimum atomic E-state index is -0.106. The highest BCUT2D eigenvalue weighted by Gasteiger charge is 2.21. The molecule has 0 spiro atoms. The summed E-state index contributed by atoms with van der Waals surface area (Å²) < 4.78 is 2.60. The Labute approximate surface area is 90.7 Å². The summed E-state index contributed by atoms with van der Waals surface area (Å²) in [5.74, 6) is 0. The Balaban J connectivity index is 4.52. The molecule has 0 N–H and O–H groups in total. The monoisotopic (exact) mass is 213 g/mol. The third-order valence-electron chi connectivity index (χ3n) is 2.06. The minimum absolute atomic E-state index is 0.106. The van der Waals surface area contributed by atoms with Gasteiger partial charge in [-0.25, -0.2) is 0 Å². The van der Waals surface area contributed by atoms with Crippen molar-refractivity contribution in [3.8, 4) is 0 Å². The van der Waals surface area contributed by atoms with Crippen LogP contribution in [0.25, 0.3) is 0 Å². The maximum Gasteiger partial charge on any atom is 0.00805 e. The molecule has 14 heavy (non-hydrogen) atoms. The molecule has 0 amide bonds. The molecule has 0 unspecified atom stereocenters. The molecule has 0 aromatic carbocycles. The van der Waals surface area contributed by atoms with E-state index in [1.807, 2.05) is 12.2 Å². The summed E-state index contributed by atoms with van der Waals surface area (Å²) in [5.41, 5.74) is 0. The van der Waals surface area contributed by atoms with Gasteiger partial charge in [-0.15, -0.1) is 13.2 Å². The first-order chi connectivity index (χ1) is 6.54. The number of allylic oxidation sites excluding steroid dienone is 2. The molecule has 0 heterocycles. The molecule has 0 fully saturated rings. The zero-order valence-electron chi connectivity index (χ0n) is 10.0. The molecule has 1 nitrogen and oxygen atoms in total. The highest BCUT2D eigenvalue weighted by atomic mass is 31.1. The van der Waals surface area contributed by atoms with Gasteiger partial charge in [0.2, 0.25) is 0 Å². The Bertz CT molecular complexity index is 157.